The fourth-order valence-corrected chi connectivity index (χ4v) is 11.0. The molecule has 0 unspecified atom stereocenters. The van der Waals surface area contributed by atoms with Crippen molar-refractivity contribution < 1.29 is 28.8 Å². The summed E-state index contributed by atoms with van der Waals surface area (Å²) in [6.07, 6.45) is 7.93. The molecule has 22 heteroatoms. The number of hydrogen-bond donors (Lipinski definition) is 4. The van der Waals surface area contributed by atoms with Crippen LogP contribution in [0.2, 0.25) is 0 Å². The van der Waals surface area contributed by atoms with Gasteiger partial charge in [-0.3, -0.25) is 28.8 Å². The van der Waals surface area contributed by atoms with Gasteiger partial charge in [-0.1, -0.05) is 75.2 Å². The number of carbonyl (C=O) groups is 6. The largest absolute Gasteiger partial charge is 0.352 e. The standard InChI is InChI=1S/C54H72N14O6S2/c1-5-37(2)48(70)57-45(51(73)65-32-18-22-41(65)35-67-53(59-61-63-67)75-43-24-9-6-10-25-43)29-15-16-31-56-50(72)40-21-17-20-39(34-40)47(69)30-14-8-13-28-46(58-49(71)38(3)55-4)52(74)66-33-19-23-42(66)36-68-54(60-62-64-68)76-44-26-11-7-12-27-44/h6-7,9-12,17,20-21,24-27,34,37-38,41-42,45-46,55H,5,8,13-16,18-19,22-23,28-33,35-36H2,1-4H3,(H,56,72)(H,57,70)(H,58,71)/t37-,38+,41+,42+,45+,46+/m1/s1. The predicted molar refractivity (Wildman–Crippen MR) is 288 cm³/mol. The maximum Gasteiger partial charge on any atom is 0.251 e. The smallest absolute Gasteiger partial charge is 0.251 e. The van der Waals surface area contributed by atoms with Crippen molar-refractivity contribution in [1.82, 2.24) is 71.5 Å². The molecular weight excluding hydrogens is 1000 g/mol. The molecule has 0 radical (unpaired) electrons. The number of ketones is 1. The highest BCUT2D eigenvalue weighted by atomic mass is 32.2. The van der Waals surface area contributed by atoms with E-state index in [1.54, 1.807) is 47.6 Å². The SMILES string of the molecule is CC[C@@H](C)C(=O)N[C@@H](CCCCNC(=O)c1cccc(C(=O)CCCCC[C@H](NC(=O)[C@H](C)NC)C(=O)N2CCC[C@H]2Cn2nnnc2Sc2ccccc2)c1)C(=O)N1CCC[C@H]1Cn1nnnc1Sc1ccccc1. The molecule has 2 saturated heterocycles. The van der Waals surface area contributed by atoms with Crippen molar-refractivity contribution in [2.24, 2.45) is 5.92 Å². The molecule has 0 saturated carbocycles. The lowest BCUT2D eigenvalue weighted by Crippen LogP contribution is -2.53. The van der Waals surface area contributed by atoms with E-state index in [4.69, 9.17) is 0 Å². The van der Waals surface area contributed by atoms with Gasteiger partial charge in [0.05, 0.1) is 31.2 Å². The number of hydrogen-bond acceptors (Lipinski definition) is 15. The molecule has 20 nitrogen and oxygen atoms in total. The Morgan fingerprint density at radius 2 is 1.17 bits per heavy atom. The van der Waals surface area contributed by atoms with Gasteiger partial charge >= 0.3 is 0 Å². The third-order valence-corrected chi connectivity index (χ3v) is 16.1. The molecule has 6 atom stereocenters. The zero-order valence-electron chi connectivity index (χ0n) is 44.0. The second-order valence-corrected chi connectivity index (χ2v) is 21.7. The Bertz CT molecular complexity index is 2510. The molecule has 7 rings (SSSR count). The zero-order chi connectivity index (χ0) is 53.8. The number of amides is 5. The van der Waals surface area contributed by atoms with Crippen LogP contribution in [0, 0.1) is 5.92 Å². The lowest BCUT2D eigenvalue weighted by molar-refractivity contribution is -0.138. The van der Waals surface area contributed by atoms with Gasteiger partial charge in [0.2, 0.25) is 33.9 Å². The summed E-state index contributed by atoms with van der Waals surface area (Å²) in [6.45, 7) is 7.89. The molecule has 5 aromatic rings. The number of Topliss-reactive ketones (excluding diaryl/α,β-unsaturated/α-hetero) is 1. The van der Waals surface area contributed by atoms with Crippen molar-refractivity contribution in [2.45, 2.75) is 168 Å². The predicted octanol–water partition coefficient (Wildman–Crippen LogP) is 6.00. The minimum atomic E-state index is -0.738. The highest BCUT2D eigenvalue weighted by Crippen LogP contribution is 2.29. The van der Waals surface area contributed by atoms with Gasteiger partial charge in [0.25, 0.3) is 5.91 Å². The van der Waals surface area contributed by atoms with E-state index in [1.165, 1.54) is 23.5 Å². The lowest BCUT2D eigenvalue weighted by atomic mass is 10.0. The first-order valence-electron chi connectivity index (χ1n) is 26.7. The fraction of sp³-hybridized carbons (Fsp3) is 0.519. The molecule has 3 aromatic carbocycles. The van der Waals surface area contributed by atoms with Crippen LogP contribution in [0.4, 0.5) is 0 Å². The van der Waals surface area contributed by atoms with Gasteiger partial charge in [0.1, 0.15) is 12.1 Å². The van der Waals surface area contributed by atoms with Crippen LogP contribution in [-0.4, -0.2) is 142 Å². The quantitative estimate of drug-likeness (QED) is 0.0317. The number of rotatable bonds is 29. The first-order valence-corrected chi connectivity index (χ1v) is 28.3. The van der Waals surface area contributed by atoms with Crippen molar-refractivity contribution in [3.63, 3.8) is 0 Å². The summed E-state index contributed by atoms with van der Waals surface area (Å²) in [5.41, 5.74) is 0.805. The molecule has 4 heterocycles. The number of likely N-dealkylation sites (N-methyl/N-ethyl adjacent to an activating group) is 1. The van der Waals surface area contributed by atoms with Crippen LogP contribution in [0.15, 0.2) is 105 Å². The van der Waals surface area contributed by atoms with Gasteiger partial charge in [0.15, 0.2) is 5.78 Å². The van der Waals surface area contributed by atoms with Gasteiger partial charge < -0.3 is 31.1 Å². The number of unbranched alkanes of at least 4 members (excludes halogenated alkanes) is 3. The summed E-state index contributed by atoms with van der Waals surface area (Å²) in [4.78, 5) is 87.2. The van der Waals surface area contributed by atoms with Crippen molar-refractivity contribution >= 4 is 58.8 Å². The van der Waals surface area contributed by atoms with Crippen LogP contribution in [-0.2, 0) is 32.3 Å². The van der Waals surface area contributed by atoms with Crippen molar-refractivity contribution in [3.8, 4) is 0 Å². The van der Waals surface area contributed by atoms with Crippen molar-refractivity contribution in [3.05, 3.63) is 96.1 Å². The van der Waals surface area contributed by atoms with Crippen LogP contribution < -0.4 is 21.3 Å². The van der Waals surface area contributed by atoms with Crippen LogP contribution in [0.5, 0.6) is 0 Å². The molecule has 2 aliphatic rings. The van der Waals surface area contributed by atoms with Gasteiger partial charge in [-0.2, -0.15) is 0 Å². The number of carbonyl (C=O) groups excluding carboxylic acids is 6. The Morgan fingerprint density at radius 3 is 1.71 bits per heavy atom. The third kappa shape index (κ3) is 16.2. The Hall–Kier alpha value is -6.52. The number of tetrazole rings is 2. The molecule has 2 fully saturated rings. The van der Waals surface area contributed by atoms with E-state index >= 15 is 0 Å². The van der Waals surface area contributed by atoms with E-state index in [9.17, 15) is 28.8 Å². The van der Waals surface area contributed by atoms with E-state index in [1.807, 2.05) is 84.3 Å². The number of benzene rings is 3. The topological polar surface area (TPSA) is 244 Å². The molecule has 2 aliphatic heterocycles. The molecule has 0 spiro atoms. The maximum absolute atomic E-state index is 14.2. The first-order chi connectivity index (χ1) is 36.9. The van der Waals surface area contributed by atoms with E-state index in [-0.39, 0.29) is 59.7 Å². The minimum absolute atomic E-state index is 0.0920. The first kappa shape index (κ1) is 57.2. The van der Waals surface area contributed by atoms with Crippen molar-refractivity contribution in [1.29, 1.82) is 0 Å². The van der Waals surface area contributed by atoms with Crippen molar-refractivity contribution in [2.75, 3.05) is 26.7 Å². The second-order valence-electron chi connectivity index (χ2n) is 19.6. The zero-order valence-corrected chi connectivity index (χ0v) is 45.6. The Balaban J connectivity index is 0.862. The minimum Gasteiger partial charge on any atom is -0.352 e. The summed E-state index contributed by atoms with van der Waals surface area (Å²) in [5, 5.41) is 37.9. The number of nitrogens with zero attached hydrogens (tertiary/aromatic N) is 10. The molecule has 0 bridgehead atoms. The molecule has 5 amide bonds. The molecular formula is C54H72N14O6S2. The fourth-order valence-electron chi connectivity index (χ4n) is 9.40. The monoisotopic (exact) mass is 1080 g/mol. The average molecular weight is 1080 g/mol. The maximum atomic E-state index is 14.2. The summed E-state index contributed by atoms with van der Waals surface area (Å²) in [6, 6.07) is 24.2. The average Bonchev–Trinajstić information content (AvgIpc) is 4.30. The molecule has 0 aliphatic carbocycles. The van der Waals surface area contributed by atoms with Gasteiger partial charge in [-0.25, -0.2) is 9.36 Å². The van der Waals surface area contributed by atoms with Gasteiger partial charge in [-0.15, -0.1) is 10.2 Å². The highest BCUT2D eigenvalue weighted by molar-refractivity contribution is 7.99. The van der Waals surface area contributed by atoms with Crippen LogP contribution in [0.25, 0.3) is 0 Å². The summed E-state index contributed by atoms with van der Waals surface area (Å²) in [5.74, 6) is -1.35. The lowest BCUT2D eigenvalue weighted by Gasteiger charge is -2.30. The van der Waals surface area contributed by atoms with E-state index in [0.717, 1.165) is 35.5 Å². The summed E-state index contributed by atoms with van der Waals surface area (Å²) in [7, 11) is 1.70. The normalized spacial score (nSPS) is 16.9. The molecule has 76 heavy (non-hydrogen) atoms. The van der Waals surface area contributed by atoms with Crippen LogP contribution in [0.1, 0.15) is 125 Å². The molecule has 4 N–H and O–H groups in total. The van der Waals surface area contributed by atoms with E-state index in [0.29, 0.717) is 106 Å². The summed E-state index contributed by atoms with van der Waals surface area (Å²) < 4.78 is 3.47. The van der Waals surface area contributed by atoms with E-state index in [2.05, 4.69) is 52.3 Å². The Kier molecular flexibility index (Phi) is 21.9. The molecule has 406 valence electrons. The number of nitrogens with one attached hydrogen (secondary N) is 4. The third-order valence-electron chi connectivity index (χ3n) is 14.2. The number of likely N-dealkylation sites (tertiary alicyclic amines) is 2. The van der Waals surface area contributed by atoms with Gasteiger partial charge in [0, 0.05) is 52.9 Å². The molecule has 2 aromatic heterocycles. The number of aromatic nitrogens is 8. The van der Waals surface area contributed by atoms with E-state index < -0.39 is 18.1 Å². The second kappa shape index (κ2) is 29.1. The van der Waals surface area contributed by atoms with Crippen LogP contribution >= 0.6 is 23.5 Å². The van der Waals surface area contributed by atoms with Gasteiger partial charge in [-0.05, 0) is 159 Å². The Morgan fingerprint density at radius 1 is 0.645 bits per heavy atom. The Labute approximate surface area is 453 Å². The van der Waals surface area contributed by atoms with Crippen LogP contribution in [0.3, 0.4) is 0 Å². The highest BCUT2D eigenvalue weighted by Gasteiger charge is 2.37. The summed E-state index contributed by atoms with van der Waals surface area (Å²) >= 11 is 2.92.